The standard InChI is InChI=1S/C22H36Si/c1-13-14(2)18(21(6,7)16(13)4)19-20(23(10,11)12)15(3)17(5)22(19,8)9/h1-12H3. The van der Waals surface area contributed by atoms with E-state index in [0.29, 0.717) is 0 Å². The summed E-state index contributed by atoms with van der Waals surface area (Å²) in [6, 6.07) is 0. The Bertz CT molecular complexity index is 695. The molecule has 1 heteroatoms. The molecule has 23 heavy (non-hydrogen) atoms. The van der Waals surface area contributed by atoms with Gasteiger partial charge in [-0.3, -0.25) is 0 Å². The van der Waals surface area contributed by atoms with Crippen LogP contribution in [0.3, 0.4) is 0 Å². The van der Waals surface area contributed by atoms with Crippen LogP contribution >= 0.6 is 0 Å². The molecule has 0 aromatic rings. The molecule has 0 heterocycles. The van der Waals surface area contributed by atoms with E-state index >= 15 is 0 Å². The van der Waals surface area contributed by atoms with Gasteiger partial charge in [0.05, 0.1) is 8.07 Å². The minimum atomic E-state index is -1.42. The third kappa shape index (κ3) is 2.38. The summed E-state index contributed by atoms with van der Waals surface area (Å²) >= 11 is 0. The summed E-state index contributed by atoms with van der Waals surface area (Å²) in [6.45, 7) is 28.9. The average molecular weight is 329 g/mol. The highest BCUT2D eigenvalue weighted by Gasteiger charge is 2.47. The molecule has 0 atom stereocenters. The smallest absolute Gasteiger partial charge is 0.0656 e. The maximum Gasteiger partial charge on any atom is 0.0783 e. The number of hydrogen-bond donors (Lipinski definition) is 0. The molecule has 0 radical (unpaired) electrons. The van der Waals surface area contributed by atoms with Gasteiger partial charge in [0.1, 0.15) is 0 Å². The highest BCUT2D eigenvalue weighted by Crippen LogP contribution is 2.59. The number of rotatable bonds is 2. The molecule has 2 rings (SSSR count). The van der Waals surface area contributed by atoms with Crippen molar-refractivity contribution in [1.29, 1.82) is 0 Å². The quantitative estimate of drug-likeness (QED) is 0.469. The fraction of sp³-hybridized carbons (Fsp3) is 0.636. The van der Waals surface area contributed by atoms with E-state index in [4.69, 9.17) is 0 Å². The van der Waals surface area contributed by atoms with Gasteiger partial charge in [0.15, 0.2) is 0 Å². The lowest BCUT2D eigenvalue weighted by molar-refractivity contribution is 0.491. The highest BCUT2D eigenvalue weighted by atomic mass is 28.3. The van der Waals surface area contributed by atoms with Crippen LogP contribution in [0.4, 0.5) is 0 Å². The van der Waals surface area contributed by atoms with Crippen molar-refractivity contribution >= 4 is 8.07 Å². The minimum Gasteiger partial charge on any atom is -0.0656 e. The molecule has 0 aromatic heterocycles. The van der Waals surface area contributed by atoms with Crippen LogP contribution in [-0.4, -0.2) is 8.07 Å². The predicted molar refractivity (Wildman–Crippen MR) is 107 cm³/mol. The van der Waals surface area contributed by atoms with E-state index in [-0.39, 0.29) is 10.8 Å². The van der Waals surface area contributed by atoms with Crippen LogP contribution < -0.4 is 0 Å². The van der Waals surface area contributed by atoms with Crippen molar-refractivity contribution in [3.8, 4) is 0 Å². The molecule has 0 N–H and O–H groups in total. The van der Waals surface area contributed by atoms with Gasteiger partial charge in [0, 0.05) is 10.8 Å². The van der Waals surface area contributed by atoms with E-state index in [1.807, 2.05) is 0 Å². The Kier molecular flexibility index (Phi) is 4.09. The summed E-state index contributed by atoms with van der Waals surface area (Å²) in [4.78, 5) is 0. The van der Waals surface area contributed by atoms with E-state index in [2.05, 4.69) is 82.0 Å². The molecular formula is C22H36Si. The first-order valence-corrected chi connectivity index (χ1v) is 12.5. The van der Waals surface area contributed by atoms with E-state index in [9.17, 15) is 0 Å². The van der Waals surface area contributed by atoms with E-state index in [1.54, 1.807) is 33.1 Å². The predicted octanol–water partition coefficient (Wildman–Crippen LogP) is 7.23. The summed E-state index contributed by atoms with van der Waals surface area (Å²) in [5.41, 5.74) is 11.3. The zero-order valence-electron chi connectivity index (χ0n) is 17.5. The maximum atomic E-state index is 2.51. The van der Waals surface area contributed by atoms with Gasteiger partial charge in [-0.2, -0.15) is 0 Å². The van der Waals surface area contributed by atoms with Gasteiger partial charge in [-0.05, 0) is 56.9 Å². The molecule has 0 unspecified atom stereocenters. The fourth-order valence-corrected chi connectivity index (χ4v) is 7.31. The zero-order valence-corrected chi connectivity index (χ0v) is 18.5. The van der Waals surface area contributed by atoms with Crippen molar-refractivity contribution in [2.75, 3.05) is 0 Å². The second-order valence-corrected chi connectivity index (χ2v) is 14.8. The lowest BCUT2D eigenvalue weighted by Gasteiger charge is -2.37. The van der Waals surface area contributed by atoms with Crippen LogP contribution in [-0.2, 0) is 0 Å². The summed E-state index contributed by atoms with van der Waals surface area (Å²) in [5.74, 6) is 0. The Balaban J connectivity index is 2.89. The maximum absolute atomic E-state index is 2.51. The van der Waals surface area contributed by atoms with Crippen molar-refractivity contribution in [3.63, 3.8) is 0 Å². The first-order valence-electron chi connectivity index (χ1n) is 9.00. The van der Waals surface area contributed by atoms with Crippen LogP contribution in [0.15, 0.2) is 44.2 Å². The molecule has 2 aliphatic carbocycles. The Morgan fingerprint density at radius 3 is 1.30 bits per heavy atom. The first kappa shape index (κ1) is 18.5. The molecular weight excluding hydrogens is 292 g/mol. The van der Waals surface area contributed by atoms with E-state index in [1.165, 1.54) is 11.1 Å². The summed E-state index contributed by atoms with van der Waals surface area (Å²) in [6.07, 6.45) is 0. The van der Waals surface area contributed by atoms with Crippen molar-refractivity contribution in [2.24, 2.45) is 10.8 Å². The molecule has 0 aromatic carbocycles. The lowest BCUT2D eigenvalue weighted by atomic mass is 9.69. The summed E-state index contributed by atoms with van der Waals surface area (Å²) in [5, 5.41) is 1.71. The average Bonchev–Trinajstić information content (AvgIpc) is 2.65. The van der Waals surface area contributed by atoms with Crippen LogP contribution in [0.5, 0.6) is 0 Å². The van der Waals surface area contributed by atoms with Crippen molar-refractivity contribution in [3.05, 3.63) is 44.2 Å². The minimum absolute atomic E-state index is 0.149. The van der Waals surface area contributed by atoms with Crippen LogP contribution in [0, 0.1) is 10.8 Å². The Morgan fingerprint density at radius 1 is 0.565 bits per heavy atom. The molecule has 0 saturated carbocycles. The van der Waals surface area contributed by atoms with E-state index in [0.717, 1.165) is 0 Å². The Morgan fingerprint density at radius 2 is 0.957 bits per heavy atom. The highest BCUT2D eigenvalue weighted by molar-refractivity contribution is 6.84. The molecule has 0 nitrogen and oxygen atoms in total. The molecule has 0 fully saturated rings. The summed E-state index contributed by atoms with van der Waals surface area (Å²) in [7, 11) is -1.42. The molecule has 0 amide bonds. The van der Waals surface area contributed by atoms with Crippen LogP contribution in [0.2, 0.25) is 19.6 Å². The second kappa shape index (κ2) is 5.08. The molecule has 0 saturated heterocycles. The van der Waals surface area contributed by atoms with Gasteiger partial charge >= 0.3 is 0 Å². The third-order valence-corrected chi connectivity index (χ3v) is 8.94. The van der Waals surface area contributed by atoms with Crippen molar-refractivity contribution in [2.45, 2.75) is 82.0 Å². The third-order valence-electron chi connectivity index (χ3n) is 6.81. The van der Waals surface area contributed by atoms with Crippen molar-refractivity contribution in [1.82, 2.24) is 0 Å². The topological polar surface area (TPSA) is 0 Å². The van der Waals surface area contributed by atoms with Gasteiger partial charge in [0.25, 0.3) is 0 Å². The van der Waals surface area contributed by atoms with Gasteiger partial charge in [0.2, 0.25) is 0 Å². The first-order chi connectivity index (χ1) is 10.2. The van der Waals surface area contributed by atoms with E-state index < -0.39 is 8.07 Å². The van der Waals surface area contributed by atoms with Crippen LogP contribution in [0.25, 0.3) is 0 Å². The monoisotopic (exact) mass is 328 g/mol. The van der Waals surface area contributed by atoms with Crippen LogP contribution in [0.1, 0.15) is 62.3 Å². The van der Waals surface area contributed by atoms with Gasteiger partial charge < -0.3 is 0 Å². The zero-order chi connectivity index (χ0) is 18.1. The molecule has 0 spiro atoms. The fourth-order valence-electron chi connectivity index (χ4n) is 4.81. The number of allylic oxidation sites excluding steroid dienone is 8. The lowest BCUT2D eigenvalue weighted by Crippen LogP contribution is -2.30. The largest absolute Gasteiger partial charge is 0.0783 e. The van der Waals surface area contributed by atoms with Crippen molar-refractivity contribution < 1.29 is 0 Å². The molecule has 0 aliphatic heterocycles. The second-order valence-electron chi connectivity index (χ2n) is 9.75. The molecule has 0 bridgehead atoms. The Hall–Kier alpha value is -0.823. The SMILES string of the molecule is CC1=C(C)C(C)(C)C(C2=C([Si](C)(C)C)C(C)=C(C)C2(C)C)=C1C. The normalized spacial score (nSPS) is 24.5. The Labute approximate surface area is 145 Å². The van der Waals surface area contributed by atoms with Gasteiger partial charge in [-0.1, -0.05) is 69.3 Å². The molecule has 2 aliphatic rings. The summed E-state index contributed by atoms with van der Waals surface area (Å²) < 4.78 is 0. The van der Waals surface area contributed by atoms with Gasteiger partial charge in [-0.15, -0.1) is 0 Å². The number of hydrogen-bond acceptors (Lipinski definition) is 0. The molecule has 128 valence electrons. The van der Waals surface area contributed by atoms with Gasteiger partial charge in [-0.25, -0.2) is 0 Å².